The van der Waals surface area contributed by atoms with E-state index < -0.39 is 0 Å². The molecule has 1 rings (SSSR count). The lowest BCUT2D eigenvalue weighted by atomic mass is 10.4. The SMILES string of the molecule is C.C.CC(C)n1cccc1. The highest BCUT2D eigenvalue weighted by atomic mass is 15.0. The quantitative estimate of drug-likeness (QED) is 0.565. The highest BCUT2D eigenvalue weighted by Crippen LogP contribution is 2.01. The van der Waals surface area contributed by atoms with Gasteiger partial charge in [-0.25, -0.2) is 0 Å². The lowest BCUT2D eigenvalue weighted by Gasteiger charge is -2.03. The molecule has 0 bridgehead atoms. The Balaban J connectivity index is 0. The maximum atomic E-state index is 2.17. The van der Waals surface area contributed by atoms with Crippen molar-refractivity contribution in [1.82, 2.24) is 4.57 Å². The van der Waals surface area contributed by atoms with Gasteiger partial charge in [-0.05, 0) is 26.0 Å². The molecule has 0 aliphatic rings. The van der Waals surface area contributed by atoms with E-state index in [9.17, 15) is 0 Å². The second-order valence-corrected chi connectivity index (χ2v) is 2.22. The van der Waals surface area contributed by atoms with Gasteiger partial charge >= 0.3 is 0 Å². The van der Waals surface area contributed by atoms with E-state index in [1.54, 1.807) is 0 Å². The predicted molar refractivity (Wildman–Crippen MR) is 48.3 cm³/mol. The molecular weight excluding hydrogens is 122 g/mol. The van der Waals surface area contributed by atoms with Crippen LogP contribution in [0.1, 0.15) is 34.7 Å². The molecule has 60 valence electrons. The highest BCUT2D eigenvalue weighted by Gasteiger charge is 1.89. The first-order valence-corrected chi connectivity index (χ1v) is 2.93. The molecule has 0 fully saturated rings. The van der Waals surface area contributed by atoms with E-state index in [2.05, 4.69) is 30.8 Å². The zero-order chi connectivity index (χ0) is 5.98. The Hall–Kier alpha value is -0.720. The van der Waals surface area contributed by atoms with E-state index in [1.165, 1.54) is 0 Å². The van der Waals surface area contributed by atoms with Crippen molar-refractivity contribution in [3.05, 3.63) is 24.5 Å². The summed E-state index contributed by atoms with van der Waals surface area (Å²) in [5.41, 5.74) is 0. The van der Waals surface area contributed by atoms with Crippen LogP contribution >= 0.6 is 0 Å². The summed E-state index contributed by atoms with van der Waals surface area (Å²) in [6.07, 6.45) is 4.15. The smallest absolute Gasteiger partial charge is 0.0274 e. The van der Waals surface area contributed by atoms with Gasteiger partial charge < -0.3 is 4.57 Å². The number of nitrogens with zero attached hydrogens (tertiary/aromatic N) is 1. The van der Waals surface area contributed by atoms with Crippen LogP contribution < -0.4 is 0 Å². The lowest BCUT2D eigenvalue weighted by molar-refractivity contribution is 0.604. The van der Waals surface area contributed by atoms with Gasteiger partial charge in [0.1, 0.15) is 0 Å². The van der Waals surface area contributed by atoms with Gasteiger partial charge in [-0.2, -0.15) is 0 Å². The standard InChI is InChI=1S/C7H11N.2CH4/c1-7(2)8-5-3-4-6-8;;/h3-7H,1-2H3;2*1H4. The van der Waals surface area contributed by atoms with Crippen LogP contribution in [-0.4, -0.2) is 4.57 Å². The molecule has 0 unspecified atom stereocenters. The van der Waals surface area contributed by atoms with E-state index in [0.29, 0.717) is 6.04 Å². The van der Waals surface area contributed by atoms with Crippen molar-refractivity contribution in [2.75, 3.05) is 0 Å². The van der Waals surface area contributed by atoms with Crippen LogP contribution in [0.3, 0.4) is 0 Å². The molecule has 0 saturated heterocycles. The third-order valence-electron chi connectivity index (χ3n) is 1.22. The van der Waals surface area contributed by atoms with Crippen molar-refractivity contribution in [3.8, 4) is 0 Å². The van der Waals surface area contributed by atoms with E-state index in [0.717, 1.165) is 0 Å². The minimum absolute atomic E-state index is 0. The Morgan fingerprint density at radius 2 is 1.40 bits per heavy atom. The van der Waals surface area contributed by atoms with Crippen molar-refractivity contribution < 1.29 is 0 Å². The van der Waals surface area contributed by atoms with Gasteiger partial charge in [0.05, 0.1) is 0 Å². The van der Waals surface area contributed by atoms with E-state index in [-0.39, 0.29) is 14.9 Å². The van der Waals surface area contributed by atoms with Crippen molar-refractivity contribution in [2.24, 2.45) is 0 Å². The molecule has 0 spiro atoms. The maximum Gasteiger partial charge on any atom is 0.0274 e. The maximum absolute atomic E-state index is 2.17. The molecule has 0 saturated carbocycles. The van der Waals surface area contributed by atoms with Crippen LogP contribution in [0.25, 0.3) is 0 Å². The van der Waals surface area contributed by atoms with Crippen LogP contribution in [0, 0.1) is 0 Å². The fourth-order valence-electron chi connectivity index (χ4n) is 0.692. The summed E-state index contributed by atoms with van der Waals surface area (Å²) in [5.74, 6) is 0. The zero-order valence-electron chi connectivity index (χ0n) is 5.33. The van der Waals surface area contributed by atoms with Gasteiger partial charge in [-0.1, -0.05) is 14.9 Å². The van der Waals surface area contributed by atoms with Crippen LogP contribution in [0.15, 0.2) is 24.5 Å². The van der Waals surface area contributed by atoms with Crippen LogP contribution in [0.4, 0.5) is 0 Å². The summed E-state index contributed by atoms with van der Waals surface area (Å²) in [5, 5.41) is 0. The monoisotopic (exact) mass is 141 g/mol. The number of hydrogen-bond acceptors (Lipinski definition) is 0. The third kappa shape index (κ3) is 2.72. The van der Waals surface area contributed by atoms with Gasteiger partial charge in [0.25, 0.3) is 0 Å². The number of aromatic nitrogens is 1. The molecule has 0 amide bonds. The molecule has 0 aliphatic carbocycles. The molecular formula is C9H19N. The summed E-state index contributed by atoms with van der Waals surface area (Å²) in [6, 6.07) is 4.69. The second-order valence-electron chi connectivity index (χ2n) is 2.22. The molecule has 1 heterocycles. The minimum atomic E-state index is 0. The van der Waals surface area contributed by atoms with Crippen LogP contribution in [0.5, 0.6) is 0 Å². The molecule has 0 radical (unpaired) electrons. The molecule has 1 aromatic rings. The molecule has 0 N–H and O–H groups in total. The summed E-state index contributed by atoms with van der Waals surface area (Å²) in [4.78, 5) is 0. The third-order valence-corrected chi connectivity index (χ3v) is 1.22. The van der Waals surface area contributed by atoms with E-state index in [4.69, 9.17) is 0 Å². The van der Waals surface area contributed by atoms with E-state index >= 15 is 0 Å². The van der Waals surface area contributed by atoms with Gasteiger partial charge in [0.15, 0.2) is 0 Å². The summed E-state index contributed by atoms with van der Waals surface area (Å²) in [7, 11) is 0. The molecule has 10 heavy (non-hydrogen) atoms. The molecule has 0 aliphatic heterocycles. The first kappa shape index (κ1) is 12.0. The summed E-state index contributed by atoms with van der Waals surface area (Å²) < 4.78 is 2.17. The summed E-state index contributed by atoms with van der Waals surface area (Å²) >= 11 is 0. The molecule has 0 atom stereocenters. The number of rotatable bonds is 1. The van der Waals surface area contributed by atoms with Crippen LogP contribution in [0.2, 0.25) is 0 Å². The minimum Gasteiger partial charge on any atom is -0.352 e. The van der Waals surface area contributed by atoms with Crippen molar-refractivity contribution in [2.45, 2.75) is 34.7 Å². The van der Waals surface area contributed by atoms with Gasteiger partial charge in [0.2, 0.25) is 0 Å². The average Bonchev–Trinajstić information content (AvgIpc) is 2.12. The molecule has 0 aromatic carbocycles. The molecule has 1 heteroatoms. The topological polar surface area (TPSA) is 4.93 Å². The van der Waals surface area contributed by atoms with Gasteiger partial charge in [-0.15, -0.1) is 0 Å². The zero-order valence-corrected chi connectivity index (χ0v) is 5.33. The Bertz CT molecular complexity index is 140. The Labute approximate surface area is 64.7 Å². The Morgan fingerprint density at radius 1 is 1.00 bits per heavy atom. The Morgan fingerprint density at radius 3 is 1.60 bits per heavy atom. The van der Waals surface area contributed by atoms with E-state index in [1.807, 2.05) is 12.1 Å². The largest absolute Gasteiger partial charge is 0.352 e. The predicted octanol–water partition coefficient (Wildman–Crippen LogP) is 3.34. The first-order valence-electron chi connectivity index (χ1n) is 2.93. The molecule has 1 nitrogen and oxygen atoms in total. The fraction of sp³-hybridized carbons (Fsp3) is 0.556. The normalized spacial score (nSPS) is 8.30. The first-order chi connectivity index (χ1) is 3.80. The van der Waals surface area contributed by atoms with Gasteiger partial charge in [0, 0.05) is 18.4 Å². The molecule has 1 aromatic heterocycles. The van der Waals surface area contributed by atoms with Crippen LogP contribution in [-0.2, 0) is 0 Å². The van der Waals surface area contributed by atoms with Gasteiger partial charge in [-0.3, -0.25) is 0 Å². The van der Waals surface area contributed by atoms with Crippen molar-refractivity contribution in [3.63, 3.8) is 0 Å². The fourth-order valence-corrected chi connectivity index (χ4v) is 0.692. The summed E-state index contributed by atoms with van der Waals surface area (Å²) in [6.45, 7) is 4.33. The lowest BCUT2D eigenvalue weighted by Crippen LogP contribution is -1.94. The Kier molecular flexibility index (Phi) is 6.12. The highest BCUT2D eigenvalue weighted by molar-refractivity contribution is 4.91. The number of hydrogen-bond donors (Lipinski definition) is 0. The van der Waals surface area contributed by atoms with Crippen molar-refractivity contribution in [1.29, 1.82) is 0 Å². The average molecular weight is 141 g/mol. The second kappa shape index (κ2) is 5.10. The van der Waals surface area contributed by atoms with Crippen molar-refractivity contribution >= 4 is 0 Å².